The number of aliphatic hydroxyl groups is 1. The molecule has 4 atom stereocenters. The summed E-state index contributed by atoms with van der Waals surface area (Å²) in [7, 11) is 0. The second-order valence-electron chi connectivity index (χ2n) is 8.00. The largest absolute Gasteiger partial charge is 0.391 e. The number of hydrogen-bond donors (Lipinski definition) is 4. The van der Waals surface area contributed by atoms with E-state index in [9.17, 15) is 19.5 Å². The Balaban J connectivity index is 2.66. The molecule has 0 aliphatic heterocycles. The van der Waals surface area contributed by atoms with Gasteiger partial charge in [-0.2, -0.15) is 0 Å². The second kappa shape index (κ2) is 10.5. The van der Waals surface area contributed by atoms with Gasteiger partial charge in [-0.3, -0.25) is 14.4 Å². The van der Waals surface area contributed by atoms with E-state index in [0.29, 0.717) is 5.92 Å². The molecule has 1 rings (SSSR count). The molecule has 7 nitrogen and oxygen atoms in total. The van der Waals surface area contributed by atoms with Crippen molar-refractivity contribution in [1.29, 1.82) is 0 Å². The van der Waals surface area contributed by atoms with E-state index in [0.717, 1.165) is 6.42 Å². The van der Waals surface area contributed by atoms with Crippen LogP contribution in [0.25, 0.3) is 0 Å². The summed E-state index contributed by atoms with van der Waals surface area (Å²) in [6, 6.07) is -1.96. The number of rotatable bonds is 9. The Hall–Kier alpha value is -1.63. The SMILES string of the molecule is CC(C)C(NC(=O)[C@@H](C)CC1CCCCC1)C(=O)N[C@H](C(N)=O)[C@@H](C)O. The van der Waals surface area contributed by atoms with Crippen molar-refractivity contribution in [2.75, 3.05) is 0 Å². The molecule has 0 aromatic heterocycles. The number of nitrogens with one attached hydrogen (secondary N) is 2. The predicted octanol–water partition coefficient (Wildman–Crippen LogP) is 1.08. The third kappa shape index (κ3) is 6.94. The zero-order chi connectivity index (χ0) is 19.9. The summed E-state index contributed by atoms with van der Waals surface area (Å²) < 4.78 is 0. The normalized spacial score (nSPS) is 20.1. The molecule has 0 aromatic rings. The average Bonchev–Trinajstić information content (AvgIpc) is 2.56. The number of nitrogens with two attached hydrogens (primary N) is 1. The summed E-state index contributed by atoms with van der Waals surface area (Å²) in [6.45, 7) is 6.90. The van der Waals surface area contributed by atoms with Gasteiger partial charge in [-0.05, 0) is 25.2 Å². The van der Waals surface area contributed by atoms with Gasteiger partial charge in [-0.25, -0.2) is 0 Å². The van der Waals surface area contributed by atoms with E-state index in [1.165, 1.54) is 39.0 Å². The van der Waals surface area contributed by atoms with Crippen molar-refractivity contribution in [1.82, 2.24) is 10.6 Å². The minimum atomic E-state index is -1.18. The van der Waals surface area contributed by atoms with E-state index in [2.05, 4.69) is 10.6 Å². The number of aliphatic hydroxyl groups excluding tert-OH is 1. The second-order valence-corrected chi connectivity index (χ2v) is 8.00. The van der Waals surface area contributed by atoms with Crippen LogP contribution in [0.1, 0.15) is 66.2 Å². The molecule has 0 radical (unpaired) electrons. The van der Waals surface area contributed by atoms with E-state index in [4.69, 9.17) is 5.73 Å². The number of hydrogen-bond acceptors (Lipinski definition) is 4. The van der Waals surface area contributed by atoms with Gasteiger partial charge in [-0.15, -0.1) is 0 Å². The van der Waals surface area contributed by atoms with Gasteiger partial charge < -0.3 is 21.5 Å². The Morgan fingerprint density at radius 1 is 0.962 bits per heavy atom. The highest BCUT2D eigenvalue weighted by atomic mass is 16.3. The van der Waals surface area contributed by atoms with Gasteiger partial charge in [0.05, 0.1) is 6.10 Å². The van der Waals surface area contributed by atoms with Crippen LogP contribution in [0, 0.1) is 17.8 Å². The van der Waals surface area contributed by atoms with Gasteiger partial charge in [-0.1, -0.05) is 52.9 Å². The summed E-state index contributed by atoms with van der Waals surface area (Å²) in [6.07, 6.45) is 5.78. The molecular weight excluding hydrogens is 334 g/mol. The van der Waals surface area contributed by atoms with Crippen LogP contribution in [-0.2, 0) is 14.4 Å². The first-order valence-electron chi connectivity index (χ1n) is 9.71. The first-order valence-corrected chi connectivity index (χ1v) is 9.71. The molecule has 1 fully saturated rings. The van der Waals surface area contributed by atoms with Crippen LogP contribution in [0.3, 0.4) is 0 Å². The highest BCUT2D eigenvalue weighted by Crippen LogP contribution is 2.29. The van der Waals surface area contributed by atoms with Gasteiger partial charge in [0.15, 0.2) is 0 Å². The predicted molar refractivity (Wildman–Crippen MR) is 99.9 cm³/mol. The van der Waals surface area contributed by atoms with Gasteiger partial charge in [0.1, 0.15) is 12.1 Å². The van der Waals surface area contributed by atoms with Crippen LogP contribution in [0.15, 0.2) is 0 Å². The Morgan fingerprint density at radius 3 is 1.96 bits per heavy atom. The Morgan fingerprint density at radius 2 is 1.50 bits per heavy atom. The molecule has 0 heterocycles. The fourth-order valence-corrected chi connectivity index (χ4v) is 3.53. The molecular formula is C19H35N3O4. The Bertz CT molecular complexity index is 487. The first-order chi connectivity index (χ1) is 12.1. The fourth-order valence-electron chi connectivity index (χ4n) is 3.53. The zero-order valence-electron chi connectivity index (χ0n) is 16.5. The standard InChI is InChI=1S/C19H35N3O4/c1-11(2)15(19(26)22-16(13(4)23)17(20)24)21-18(25)12(3)10-14-8-6-5-7-9-14/h11-16,23H,5-10H2,1-4H3,(H2,20,24)(H,21,25)(H,22,26)/t12-,13+,15?,16-/m0/s1. The van der Waals surface area contributed by atoms with Crippen molar-refractivity contribution in [3.05, 3.63) is 0 Å². The molecule has 3 amide bonds. The maximum atomic E-state index is 12.6. The highest BCUT2D eigenvalue weighted by Gasteiger charge is 2.31. The fraction of sp³-hybridized carbons (Fsp3) is 0.842. The van der Waals surface area contributed by atoms with Crippen molar-refractivity contribution in [2.24, 2.45) is 23.5 Å². The molecule has 0 bridgehead atoms. The zero-order valence-corrected chi connectivity index (χ0v) is 16.5. The quantitative estimate of drug-likeness (QED) is 0.486. The summed E-state index contributed by atoms with van der Waals surface area (Å²) in [5.41, 5.74) is 5.21. The lowest BCUT2D eigenvalue weighted by Crippen LogP contribution is -2.58. The van der Waals surface area contributed by atoms with Crippen molar-refractivity contribution in [3.63, 3.8) is 0 Å². The molecule has 0 spiro atoms. The van der Waals surface area contributed by atoms with Crippen LogP contribution < -0.4 is 16.4 Å². The van der Waals surface area contributed by atoms with Crippen molar-refractivity contribution in [2.45, 2.75) is 84.4 Å². The van der Waals surface area contributed by atoms with Crippen LogP contribution in [0.4, 0.5) is 0 Å². The van der Waals surface area contributed by atoms with E-state index in [1.807, 2.05) is 20.8 Å². The lowest BCUT2D eigenvalue weighted by Gasteiger charge is -2.28. The van der Waals surface area contributed by atoms with Crippen molar-refractivity contribution >= 4 is 17.7 Å². The van der Waals surface area contributed by atoms with E-state index >= 15 is 0 Å². The number of carbonyl (C=O) groups excluding carboxylic acids is 3. The van der Waals surface area contributed by atoms with Crippen molar-refractivity contribution < 1.29 is 19.5 Å². The van der Waals surface area contributed by atoms with Gasteiger partial charge >= 0.3 is 0 Å². The van der Waals surface area contributed by atoms with Crippen LogP contribution in [0.5, 0.6) is 0 Å². The molecule has 7 heteroatoms. The summed E-state index contributed by atoms with van der Waals surface area (Å²) in [5.74, 6) is -1.24. The minimum Gasteiger partial charge on any atom is -0.391 e. The van der Waals surface area contributed by atoms with Gasteiger partial charge in [0, 0.05) is 5.92 Å². The molecule has 0 saturated heterocycles. The molecule has 1 unspecified atom stereocenters. The first kappa shape index (κ1) is 22.4. The van der Waals surface area contributed by atoms with E-state index in [1.54, 1.807) is 0 Å². The summed E-state index contributed by atoms with van der Waals surface area (Å²) in [5, 5.41) is 14.9. The molecule has 5 N–H and O–H groups in total. The number of primary amides is 1. The Labute approximate surface area is 156 Å². The van der Waals surface area contributed by atoms with E-state index < -0.39 is 30.0 Å². The lowest BCUT2D eigenvalue weighted by molar-refractivity contribution is -0.134. The van der Waals surface area contributed by atoms with Crippen LogP contribution >= 0.6 is 0 Å². The average molecular weight is 370 g/mol. The Kier molecular flexibility index (Phi) is 9.05. The third-order valence-corrected chi connectivity index (χ3v) is 5.19. The maximum Gasteiger partial charge on any atom is 0.243 e. The van der Waals surface area contributed by atoms with Crippen LogP contribution in [0.2, 0.25) is 0 Å². The van der Waals surface area contributed by atoms with Gasteiger partial charge in [0.2, 0.25) is 17.7 Å². The smallest absolute Gasteiger partial charge is 0.243 e. The van der Waals surface area contributed by atoms with Crippen molar-refractivity contribution in [3.8, 4) is 0 Å². The molecule has 1 aliphatic carbocycles. The number of carbonyl (C=O) groups is 3. The third-order valence-electron chi connectivity index (χ3n) is 5.19. The minimum absolute atomic E-state index is 0.155. The summed E-state index contributed by atoms with van der Waals surface area (Å²) >= 11 is 0. The number of amides is 3. The lowest BCUT2D eigenvalue weighted by atomic mass is 9.83. The molecule has 150 valence electrons. The molecule has 26 heavy (non-hydrogen) atoms. The molecule has 1 saturated carbocycles. The maximum absolute atomic E-state index is 12.6. The highest BCUT2D eigenvalue weighted by molar-refractivity contribution is 5.92. The molecule has 0 aromatic carbocycles. The molecule has 1 aliphatic rings. The topological polar surface area (TPSA) is 122 Å². The monoisotopic (exact) mass is 369 g/mol. The summed E-state index contributed by atoms with van der Waals surface area (Å²) in [4.78, 5) is 36.4. The van der Waals surface area contributed by atoms with E-state index in [-0.39, 0.29) is 17.7 Å². The van der Waals surface area contributed by atoms with Crippen LogP contribution in [-0.4, -0.2) is 41.0 Å². The van der Waals surface area contributed by atoms with Gasteiger partial charge in [0.25, 0.3) is 0 Å².